The van der Waals surface area contributed by atoms with Crippen LogP contribution in [0.4, 0.5) is 18.9 Å². The van der Waals surface area contributed by atoms with Crippen molar-refractivity contribution in [3.05, 3.63) is 23.8 Å². The molecule has 0 aromatic heterocycles. The maximum absolute atomic E-state index is 13.0. The number of hydrogen-bond acceptors (Lipinski definition) is 4. The Bertz CT molecular complexity index is 600. The van der Waals surface area contributed by atoms with Gasteiger partial charge in [-0.05, 0) is 44.1 Å². The lowest BCUT2D eigenvalue weighted by Gasteiger charge is -2.24. The smallest absolute Gasteiger partial charge is 0.416 e. The van der Waals surface area contributed by atoms with E-state index in [1.54, 1.807) is 0 Å². The average Bonchev–Trinajstić information content (AvgIpc) is 2.57. The molecule has 1 fully saturated rings. The molecule has 1 N–H and O–H groups in total. The van der Waals surface area contributed by atoms with Crippen LogP contribution < -0.4 is 10.1 Å². The van der Waals surface area contributed by atoms with E-state index in [0.29, 0.717) is 6.61 Å². The van der Waals surface area contributed by atoms with Gasteiger partial charge in [-0.15, -0.1) is 0 Å². The lowest BCUT2D eigenvalue weighted by Crippen LogP contribution is -2.35. The fourth-order valence-electron chi connectivity index (χ4n) is 3.03. The summed E-state index contributed by atoms with van der Waals surface area (Å²) in [6.45, 7) is 2.28. The molecule has 1 aromatic rings. The average molecular weight is 388 g/mol. The van der Waals surface area contributed by atoms with E-state index in [2.05, 4.69) is 5.32 Å². The highest BCUT2D eigenvalue weighted by Crippen LogP contribution is 2.35. The molecule has 5 nitrogen and oxygen atoms in total. The molecule has 1 amide bonds. The molecule has 1 aromatic carbocycles. The number of benzene rings is 1. The number of alkyl halides is 3. The number of nitrogens with zero attached hydrogens (tertiary/aromatic N) is 1. The number of nitrogens with one attached hydrogen (secondary N) is 1. The summed E-state index contributed by atoms with van der Waals surface area (Å²) < 4.78 is 49.4. The minimum absolute atomic E-state index is 0.0259. The molecular weight excluding hydrogens is 361 g/mol. The number of carbonyl (C=O) groups is 1. The summed E-state index contributed by atoms with van der Waals surface area (Å²) in [6, 6.07) is 3.08. The molecule has 0 unspecified atom stereocenters. The van der Waals surface area contributed by atoms with E-state index in [4.69, 9.17) is 9.47 Å². The van der Waals surface area contributed by atoms with E-state index in [9.17, 15) is 18.0 Å². The molecule has 2 rings (SSSR count). The van der Waals surface area contributed by atoms with Crippen LogP contribution in [-0.2, 0) is 15.7 Å². The third-order valence-corrected chi connectivity index (χ3v) is 4.44. The maximum atomic E-state index is 13.0. The van der Waals surface area contributed by atoms with Gasteiger partial charge in [0, 0.05) is 7.11 Å². The first-order chi connectivity index (χ1) is 12.9. The van der Waals surface area contributed by atoms with E-state index in [1.165, 1.54) is 19.6 Å². The van der Waals surface area contributed by atoms with Crippen LogP contribution in [0, 0.1) is 0 Å². The van der Waals surface area contributed by atoms with Crippen molar-refractivity contribution in [1.29, 1.82) is 0 Å². The fraction of sp³-hybridized carbons (Fsp3) is 0.632. The van der Waals surface area contributed by atoms with Crippen LogP contribution >= 0.6 is 0 Å². The van der Waals surface area contributed by atoms with Gasteiger partial charge in [0.05, 0.1) is 24.4 Å². The summed E-state index contributed by atoms with van der Waals surface area (Å²) in [5, 5.41) is 2.59. The zero-order valence-corrected chi connectivity index (χ0v) is 15.6. The predicted molar refractivity (Wildman–Crippen MR) is 97.0 cm³/mol. The summed E-state index contributed by atoms with van der Waals surface area (Å²) in [4.78, 5) is 14.5. The second-order valence-electron chi connectivity index (χ2n) is 6.64. The molecular formula is C19H27F3N2O3. The van der Waals surface area contributed by atoms with Crippen molar-refractivity contribution in [2.45, 2.75) is 38.3 Å². The van der Waals surface area contributed by atoms with Crippen LogP contribution in [0.5, 0.6) is 5.75 Å². The van der Waals surface area contributed by atoms with Crippen molar-refractivity contribution in [3.8, 4) is 5.75 Å². The lowest BCUT2D eigenvalue weighted by atomic mass is 10.1. The van der Waals surface area contributed by atoms with E-state index in [1.807, 2.05) is 4.90 Å². The topological polar surface area (TPSA) is 50.8 Å². The highest BCUT2D eigenvalue weighted by molar-refractivity contribution is 5.93. The largest absolute Gasteiger partial charge is 0.489 e. The Labute approximate surface area is 157 Å². The number of amides is 1. The fourth-order valence-corrected chi connectivity index (χ4v) is 3.03. The van der Waals surface area contributed by atoms with Gasteiger partial charge in [0.1, 0.15) is 12.4 Å². The molecule has 0 atom stereocenters. The van der Waals surface area contributed by atoms with Gasteiger partial charge < -0.3 is 14.8 Å². The second kappa shape index (κ2) is 10.5. The van der Waals surface area contributed by atoms with E-state index in [0.717, 1.165) is 50.9 Å². The molecule has 1 heterocycles. The number of methoxy groups -OCH3 is 1. The molecule has 27 heavy (non-hydrogen) atoms. The Balaban J connectivity index is 2.06. The standard InChI is InChI=1S/C19H27F3N2O3/c1-26-11-12-27-17-8-7-15(19(20,21)22)13-16(17)23-18(25)14-24-9-5-3-2-4-6-10-24/h7-8,13H,2-6,9-12,14H2,1H3,(H,23,25). The minimum Gasteiger partial charge on any atom is -0.489 e. The van der Waals surface area contributed by atoms with Crippen LogP contribution in [0.1, 0.15) is 37.7 Å². The Hall–Kier alpha value is -1.80. The number of rotatable bonds is 7. The molecule has 152 valence electrons. The zero-order chi connectivity index (χ0) is 19.7. The first-order valence-electron chi connectivity index (χ1n) is 9.25. The van der Waals surface area contributed by atoms with Gasteiger partial charge in [-0.2, -0.15) is 13.2 Å². The van der Waals surface area contributed by atoms with Gasteiger partial charge in [-0.25, -0.2) is 0 Å². The van der Waals surface area contributed by atoms with Crippen LogP contribution in [0.2, 0.25) is 0 Å². The molecule has 0 bridgehead atoms. The van der Waals surface area contributed by atoms with Gasteiger partial charge in [-0.1, -0.05) is 19.3 Å². The van der Waals surface area contributed by atoms with Crippen molar-refractivity contribution in [2.24, 2.45) is 0 Å². The van der Waals surface area contributed by atoms with Gasteiger partial charge in [0.2, 0.25) is 5.91 Å². The molecule has 0 radical (unpaired) electrons. The Kier molecular flexibility index (Phi) is 8.37. The summed E-state index contributed by atoms with van der Waals surface area (Å²) >= 11 is 0. The normalized spacial score (nSPS) is 16.4. The third-order valence-electron chi connectivity index (χ3n) is 4.44. The SMILES string of the molecule is COCCOc1ccc(C(F)(F)F)cc1NC(=O)CN1CCCCCCC1. The van der Waals surface area contributed by atoms with Gasteiger partial charge >= 0.3 is 6.18 Å². The summed E-state index contributed by atoms with van der Waals surface area (Å²) in [5.74, 6) is -0.146. The van der Waals surface area contributed by atoms with Crippen molar-refractivity contribution in [2.75, 3.05) is 45.3 Å². The second-order valence-corrected chi connectivity index (χ2v) is 6.64. The number of ether oxygens (including phenoxy) is 2. The number of halogens is 3. The Morgan fingerprint density at radius 1 is 1.11 bits per heavy atom. The molecule has 0 aliphatic carbocycles. The Morgan fingerprint density at radius 3 is 2.41 bits per heavy atom. The number of anilines is 1. The molecule has 1 aliphatic rings. The zero-order valence-electron chi connectivity index (χ0n) is 15.6. The maximum Gasteiger partial charge on any atom is 0.416 e. The first kappa shape index (κ1) is 21.5. The van der Waals surface area contributed by atoms with Crippen LogP contribution in [0.3, 0.4) is 0 Å². The van der Waals surface area contributed by atoms with Crippen LogP contribution in [0.25, 0.3) is 0 Å². The van der Waals surface area contributed by atoms with Crippen LogP contribution in [-0.4, -0.2) is 50.8 Å². The molecule has 0 spiro atoms. The van der Waals surface area contributed by atoms with E-state index in [-0.39, 0.29) is 30.5 Å². The summed E-state index contributed by atoms with van der Waals surface area (Å²) in [6.07, 6.45) is 1.07. The van der Waals surface area contributed by atoms with E-state index >= 15 is 0 Å². The number of carbonyl (C=O) groups excluding carboxylic acids is 1. The van der Waals surface area contributed by atoms with E-state index < -0.39 is 11.7 Å². The highest BCUT2D eigenvalue weighted by Gasteiger charge is 2.31. The quantitative estimate of drug-likeness (QED) is 0.719. The van der Waals surface area contributed by atoms with Gasteiger partial charge in [0.15, 0.2) is 0 Å². The first-order valence-corrected chi connectivity index (χ1v) is 9.25. The molecule has 1 saturated heterocycles. The summed E-state index contributed by atoms with van der Waals surface area (Å²) in [5.41, 5.74) is -0.805. The van der Waals surface area contributed by atoms with Crippen molar-refractivity contribution < 1.29 is 27.4 Å². The molecule has 1 aliphatic heterocycles. The van der Waals surface area contributed by atoms with Gasteiger partial charge in [-0.3, -0.25) is 9.69 Å². The minimum atomic E-state index is -4.49. The highest BCUT2D eigenvalue weighted by atomic mass is 19.4. The molecule has 8 heteroatoms. The van der Waals surface area contributed by atoms with Crippen molar-refractivity contribution >= 4 is 11.6 Å². The predicted octanol–water partition coefficient (Wildman–Crippen LogP) is 3.94. The lowest BCUT2D eigenvalue weighted by molar-refractivity contribution is -0.137. The number of likely N-dealkylation sites (tertiary alicyclic amines) is 1. The number of hydrogen-bond donors (Lipinski definition) is 1. The Morgan fingerprint density at radius 2 is 1.78 bits per heavy atom. The molecule has 0 saturated carbocycles. The van der Waals surface area contributed by atoms with Crippen molar-refractivity contribution in [3.63, 3.8) is 0 Å². The monoisotopic (exact) mass is 388 g/mol. The third kappa shape index (κ3) is 7.38. The summed E-state index contributed by atoms with van der Waals surface area (Å²) in [7, 11) is 1.50. The van der Waals surface area contributed by atoms with Gasteiger partial charge in [0.25, 0.3) is 0 Å². The van der Waals surface area contributed by atoms with Crippen LogP contribution in [0.15, 0.2) is 18.2 Å². The van der Waals surface area contributed by atoms with Crippen molar-refractivity contribution in [1.82, 2.24) is 4.90 Å².